The fourth-order valence-corrected chi connectivity index (χ4v) is 2.05. The molecule has 2 atom stereocenters. The molecule has 0 aromatic rings. The van der Waals surface area contributed by atoms with Crippen LogP contribution in [0, 0.1) is 11.8 Å². The molecule has 1 fully saturated rings. The van der Waals surface area contributed by atoms with Crippen LogP contribution in [0.4, 0.5) is 0 Å². The number of carboxylic acid groups (broad SMARTS) is 1. The van der Waals surface area contributed by atoms with Crippen molar-refractivity contribution < 1.29 is 9.90 Å². The van der Waals surface area contributed by atoms with Crippen LogP contribution in [0.3, 0.4) is 0 Å². The van der Waals surface area contributed by atoms with Crippen LogP contribution in [-0.4, -0.2) is 17.1 Å². The summed E-state index contributed by atoms with van der Waals surface area (Å²) >= 11 is 0. The molecule has 1 rings (SSSR count). The molecule has 3 heteroatoms. The molecule has 0 radical (unpaired) electrons. The maximum Gasteiger partial charge on any atom is 0.304 e. The fourth-order valence-electron chi connectivity index (χ4n) is 2.05. The Hall–Kier alpha value is -0.570. The van der Waals surface area contributed by atoms with Gasteiger partial charge in [-0.05, 0) is 24.7 Å². The van der Waals surface area contributed by atoms with Crippen LogP contribution in [0.2, 0.25) is 0 Å². The van der Waals surface area contributed by atoms with Gasteiger partial charge in [0.1, 0.15) is 0 Å². The Bertz CT molecular complexity index is 190. The summed E-state index contributed by atoms with van der Waals surface area (Å²) in [7, 11) is 0. The Morgan fingerprint density at radius 2 is 2.14 bits per heavy atom. The molecular weight excluding hydrogens is 178 g/mol. The third kappa shape index (κ3) is 3.66. The van der Waals surface area contributed by atoms with Gasteiger partial charge in [-0.25, -0.2) is 0 Å². The highest BCUT2D eigenvalue weighted by Gasteiger charge is 2.24. The van der Waals surface area contributed by atoms with Crippen LogP contribution in [0.5, 0.6) is 0 Å². The molecule has 0 spiro atoms. The second kappa shape index (κ2) is 5.35. The molecule has 0 amide bonds. The average molecular weight is 199 g/mol. The molecule has 0 saturated heterocycles. The molecule has 82 valence electrons. The number of hydrogen-bond donors (Lipinski definition) is 2. The van der Waals surface area contributed by atoms with Gasteiger partial charge in [0.2, 0.25) is 0 Å². The van der Waals surface area contributed by atoms with Crippen LogP contribution >= 0.6 is 0 Å². The topological polar surface area (TPSA) is 63.3 Å². The van der Waals surface area contributed by atoms with E-state index >= 15 is 0 Å². The third-order valence-corrected chi connectivity index (χ3v) is 3.38. The lowest BCUT2D eigenvalue weighted by Gasteiger charge is -2.31. The summed E-state index contributed by atoms with van der Waals surface area (Å²) in [4.78, 5) is 10.4. The molecule has 14 heavy (non-hydrogen) atoms. The molecule has 1 saturated carbocycles. The van der Waals surface area contributed by atoms with Crippen LogP contribution in [0.15, 0.2) is 0 Å². The Morgan fingerprint density at radius 3 is 2.57 bits per heavy atom. The second-order valence-electron chi connectivity index (χ2n) is 4.60. The minimum absolute atomic E-state index is 0.109. The second-order valence-corrected chi connectivity index (χ2v) is 4.60. The molecule has 0 bridgehead atoms. The molecule has 0 aliphatic heterocycles. The summed E-state index contributed by atoms with van der Waals surface area (Å²) in [6.45, 7) is 2.26. The van der Waals surface area contributed by atoms with E-state index in [2.05, 4.69) is 6.92 Å². The van der Waals surface area contributed by atoms with E-state index in [1.54, 1.807) is 0 Å². The molecule has 0 heterocycles. The van der Waals surface area contributed by atoms with E-state index in [-0.39, 0.29) is 12.5 Å². The van der Waals surface area contributed by atoms with Gasteiger partial charge in [0.05, 0.1) is 6.42 Å². The van der Waals surface area contributed by atoms with E-state index in [4.69, 9.17) is 10.8 Å². The first kappa shape index (κ1) is 11.5. The molecule has 1 aliphatic rings. The smallest absolute Gasteiger partial charge is 0.304 e. The normalized spacial score (nSPS) is 21.3. The summed E-state index contributed by atoms with van der Waals surface area (Å²) in [6, 6.07) is -0.157. The van der Waals surface area contributed by atoms with E-state index in [0.717, 1.165) is 24.7 Å². The van der Waals surface area contributed by atoms with Crippen LogP contribution in [0.25, 0.3) is 0 Å². The van der Waals surface area contributed by atoms with Gasteiger partial charge in [0, 0.05) is 6.04 Å². The molecule has 0 aromatic heterocycles. The summed E-state index contributed by atoms with van der Waals surface area (Å²) < 4.78 is 0. The first-order valence-corrected chi connectivity index (χ1v) is 5.57. The van der Waals surface area contributed by atoms with Gasteiger partial charge in [-0.3, -0.25) is 4.79 Å². The molecule has 3 N–H and O–H groups in total. The van der Waals surface area contributed by atoms with Crippen LogP contribution in [0.1, 0.15) is 45.4 Å². The third-order valence-electron chi connectivity index (χ3n) is 3.38. The van der Waals surface area contributed by atoms with Crippen molar-refractivity contribution in [2.24, 2.45) is 17.6 Å². The van der Waals surface area contributed by atoms with Crippen molar-refractivity contribution in [1.29, 1.82) is 0 Å². The van der Waals surface area contributed by atoms with Crippen molar-refractivity contribution in [3.8, 4) is 0 Å². The van der Waals surface area contributed by atoms with Crippen molar-refractivity contribution >= 4 is 5.97 Å². The maximum absolute atomic E-state index is 10.4. The van der Waals surface area contributed by atoms with Gasteiger partial charge < -0.3 is 10.8 Å². The number of rotatable bonds is 6. The molecule has 2 unspecified atom stereocenters. The predicted molar refractivity (Wildman–Crippen MR) is 56.0 cm³/mol. The van der Waals surface area contributed by atoms with Crippen LogP contribution < -0.4 is 5.73 Å². The molecule has 1 aliphatic carbocycles. The quantitative estimate of drug-likeness (QED) is 0.687. The Kier molecular flexibility index (Phi) is 4.39. The van der Waals surface area contributed by atoms with Gasteiger partial charge in [0.25, 0.3) is 0 Å². The van der Waals surface area contributed by atoms with Crippen molar-refractivity contribution in [2.45, 2.75) is 51.5 Å². The summed E-state index contributed by atoms with van der Waals surface area (Å²) in [5.74, 6) is 0.824. The lowest BCUT2D eigenvalue weighted by Crippen LogP contribution is -2.26. The van der Waals surface area contributed by atoms with Crippen molar-refractivity contribution in [3.63, 3.8) is 0 Å². The first-order chi connectivity index (χ1) is 6.59. The van der Waals surface area contributed by atoms with Crippen molar-refractivity contribution in [3.05, 3.63) is 0 Å². The van der Waals surface area contributed by atoms with Gasteiger partial charge in [-0.1, -0.05) is 26.2 Å². The molecular formula is C11H21NO2. The van der Waals surface area contributed by atoms with E-state index in [1.807, 2.05) is 0 Å². The Labute approximate surface area is 85.7 Å². The SMILES string of the molecule is CC(CCC(N)CC(=O)O)C1CCC1. The zero-order chi connectivity index (χ0) is 10.6. The number of aliphatic carboxylic acids is 1. The predicted octanol–water partition coefficient (Wildman–Crippen LogP) is 2.00. The number of hydrogen-bond acceptors (Lipinski definition) is 2. The standard InChI is InChI=1S/C11H21NO2/c1-8(9-3-2-4-9)5-6-10(12)7-11(13)14/h8-10H,2-7,12H2,1H3,(H,13,14). The van der Waals surface area contributed by atoms with E-state index in [9.17, 15) is 4.79 Å². The summed E-state index contributed by atoms with van der Waals surface area (Å²) in [5, 5.41) is 8.54. The Morgan fingerprint density at radius 1 is 1.50 bits per heavy atom. The largest absolute Gasteiger partial charge is 0.481 e. The van der Waals surface area contributed by atoms with E-state index < -0.39 is 5.97 Å². The van der Waals surface area contributed by atoms with E-state index in [0.29, 0.717) is 0 Å². The maximum atomic E-state index is 10.4. The van der Waals surface area contributed by atoms with Crippen LogP contribution in [-0.2, 0) is 4.79 Å². The fraction of sp³-hybridized carbons (Fsp3) is 0.909. The highest BCUT2D eigenvalue weighted by molar-refractivity contribution is 5.67. The first-order valence-electron chi connectivity index (χ1n) is 5.57. The monoisotopic (exact) mass is 199 g/mol. The van der Waals surface area contributed by atoms with Gasteiger partial charge in [0.15, 0.2) is 0 Å². The zero-order valence-corrected chi connectivity index (χ0v) is 8.91. The van der Waals surface area contributed by atoms with Gasteiger partial charge in [-0.15, -0.1) is 0 Å². The van der Waals surface area contributed by atoms with E-state index in [1.165, 1.54) is 19.3 Å². The lowest BCUT2D eigenvalue weighted by molar-refractivity contribution is -0.137. The zero-order valence-electron chi connectivity index (χ0n) is 8.91. The van der Waals surface area contributed by atoms with Gasteiger partial charge >= 0.3 is 5.97 Å². The molecule has 3 nitrogen and oxygen atoms in total. The minimum Gasteiger partial charge on any atom is -0.481 e. The summed E-state index contributed by atoms with van der Waals surface area (Å²) in [6.07, 6.45) is 6.13. The van der Waals surface area contributed by atoms with Gasteiger partial charge in [-0.2, -0.15) is 0 Å². The number of carboxylic acids is 1. The number of nitrogens with two attached hydrogens (primary N) is 1. The highest BCUT2D eigenvalue weighted by Crippen LogP contribution is 2.35. The minimum atomic E-state index is -0.784. The Balaban J connectivity index is 2.09. The van der Waals surface area contributed by atoms with Crippen molar-refractivity contribution in [1.82, 2.24) is 0 Å². The average Bonchev–Trinajstić information content (AvgIpc) is 1.96. The lowest BCUT2D eigenvalue weighted by atomic mass is 9.75. The number of carbonyl (C=O) groups is 1. The summed E-state index contributed by atoms with van der Waals surface area (Å²) in [5.41, 5.74) is 5.70. The van der Waals surface area contributed by atoms with Crippen molar-refractivity contribution in [2.75, 3.05) is 0 Å². The molecule has 0 aromatic carbocycles. The highest BCUT2D eigenvalue weighted by atomic mass is 16.4.